The van der Waals surface area contributed by atoms with Crippen molar-refractivity contribution in [1.82, 2.24) is 10.3 Å². The Morgan fingerprint density at radius 3 is 2.52 bits per heavy atom. The average Bonchev–Trinajstić information content (AvgIpc) is 3.05. The fourth-order valence-electron chi connectivity index (χ4n) is 2.72. The van der Waals surface area contributed by atoms with E-state index in [-0.39, 0.29) is 6.04 Å². The first kappa shape index (κ1) is 19.3. The molecule has 3 rings (SSSR count). The first-order valence-electron chi connectivity index (χ1n) is 8.39. The van der Waals surface area contributed by atoms with E-state index in [0.717, 1.165) is 16.5 Å². The third-order valence-corrected chi connectivity index (χ3v) is 4.75. The average molecular weight is 405 g/mol. The van der Waals surface area contributed by atoms with Crippen LogP contribution >= 0.6 is 23.2 Å². The van der Waals surface area contributed by atoms with E-state index in [0.29, 0.717) is 15.7 Å². The number of fused-ring (bicyclic) bond motifs is 1. The summed E-state index contributed by atoms with van der Waals surface area (Å²) in [5, 5.41) is 4.65. The predicted molar refractivity (Wildman–Crippen MR) is 106 cm³/mol. The minimum atomic E-state index is -0.961. The Bertz CT molecular complexity index is 967. The number of H-pyrrole nitrogens is 1. The third-order valence-electron chi connectivity index (χ3n) is 4.19. The Morgan fingerprint density at radius 2 is 1.81 bits per heavy atom. The summed E-state index contributed by atoms with van der Waals surface area (Å²) in [6, 6.07) is 13.9. The molecule has 2 atom stereocenters. The number of ether oxygens (including phenoxy) is 1. The first-order valence-corrected chi connectivity index (χ1v) is 9.15. The molecule has 2 N–H and O–H groups in total. The molecule has 27 heavy (non-hydrogen) atoms. The Morgan fingerprint density at radius 1 is 1.07 bits per heavy atom. The lowest BCUT2D eigenvalue weighted by Crippen LogP contribution is -2.37. The van der Waals surface area contributed by atoms with Gasteiger partial charge in [0.1, 0.15) is 5.69 Å². The molecule has 7 heteroatoms. The van der Waals surface area contributed by atoms with Gasteiger partial charge in [0.2, 0.25) is 0 Å². The Kier molecular flexibility index (Phi) is 5.73. The zero-order chi connectivity index (χ0) is 19.6. The molecule has 3 aromatic rings. The number of carbonyl (C=O) groups is 2. The highest BCUT2D eigenvalue weighted by atomic mass is 35.5. The molecule has 0 saturated carbocycles. The molecular weight excluding hydrogens is 387 g/mol. The maximum Gasteiger partial charge on any atom is 0.355 e. The number of esters is 1. The summed E-state index contributed by atoms with van der Waals surface area (Å²) in [6.07, 6.45) is -0.961. The van der Waals surface area contributed by atoms with Gasteiger partial charge in [-0.1, -0.05) is 47.5 Å². The maximum atomic E-state index is 12.4. The van der Waals surface area contributed by atoms with Crippen LogP contribution in [-0.4, -0.2) is 23.0 Å². The van der Waals surface area contributed by atoms with Gasteiger partial charge in [0.25, 0.3) is 5.91 Å². The molecular formula is C20H18Cl2N2O3. The summed E-state index contributed by atoms with van der Waals surface area (Å²) in [5.41, 5.74) is 1.85. The SMILES string of the molecule is C[C@@H](OC(=O)c1cc2ccccc2[nH]1)C(=O)N[C@H](C)c1ccc(Cl)cc1Cl. The van der Waals surface area contributed by atoms with E-state index in [9.17, 15) is 9.59 Å². The van der Waals surface area contributed by atoms with Crippen LogP contribution in [0, 0.1) is 0 Å². The van der Waals surface area contributed by atoms with Crippen molar-refractivity contribution < 1.29 is 14.3 Å². The molecule has 140 valence electrons. The van der Waals surface area contributed by atoms with Gasteiger partial charge in [-0.3, -0.25) is 4.79 Å². The van der Waals surface area contributed by atoms with Crippen molar-refractivity contribution in [1.29, 1.82) is 0 Å². The number of halogens is 2. The number of aromatic amines is 1. The summed E-state index contributed by atoms with van der Waals surface area (Å²) in [5.74, 6) is -1.01. The van der Waals surface area contributed by atoms with E-state index < -0.39 is 18.0 Å². The molecule has 1 amide bonds. The van der Waals surface area contributed by atoms with Crippen LogP contribution in [0.25, 0.3) is 10.9 Å². The fraction of sp³-hybridized carbons (Fsp3) is 0.200. The van der Waals surface area contributed by atoms with Crippen LogP contribution in [0.4, 0.5) is 0 Å². The predicted octanol–water partition coefficient (Wildman–Crippen LogP) is 4.90. The van der Waals surface area contributed by atoms with Gasteiger partial charge in [-0.25, -0.2) is 4.79 Å². The van der Waals surface area contributed by atoms with Crippen LogP contribution in [0.5, 0.6) is 0 Å². The number of aromatic nitrogens is 1. The molecule has 0 aliphatic rings. The topological polar surface area (TPSA) is 71.2 Å². The van der Waals surface area contributed by atoms with Gasteiger partial charge in [-0.2, -0.15) is 0 Å². The Balaban J connectivity index is 1.63. The van der Waals surface area contributed by atoms with Gasteiger partial charge in [0.15, 0.2) is 6.10 Å². The van der Waals surface area contributed by atoms with Crippen molar-refractivity contribution in [3.05, 3.63) is 69.8 Å². The number of amides is 1. The van der Waals surface area contributed by atoms with Gasteiger partial charge < -0.3 is 15.0 Å². The smallest absolute Gasteiger partial charge is 0.355 e. The molecule has 0 saturated heterocycles. The van der Waals surface area contributed by atoms with E-state index in [4.69, 9.17) is 27.9 Å². The van der Waals surface area contributed by atoms with E-state index in [2.05, 4.69) is 10.3 Å². The second-order valence-corrected chi connectivity index (χ2v) is 7.06. The number of hydrogen-bond donors (Lipinski definition) is 2. The number of nitrogens with one attached hydrogen (secondary N) is 2. The second-order valence-electron chi connectivity index (χ2n) is 6.21. The highest BCUT2D eigenvalue weighted by Crippen LogP contribution is 2.26. The molecule has 5 nitrogen and oxygen atoms in total. The molecule has 0 spiro atoms. The molecule has 0 aliphatic heterocycles. The van der Waals surface area contributed by atoms with Crippen LogP contribution in [0.3, 0.4) is 0 Å². The Hall–Kier alpha value is -2.50. The number of benzene rings is 2. The lowest BCUT2D eigenvalue weighted by Gasteiger charge is -2.19. The second kappa shape index (κ2) is 8.03. The van der Waals surface area contributed by atoms with Crippen molar-refractivity contribution in [2.24, 2.45) is 0 Å². The lowest BCUT2D eigenvalue weighted by atomic mass is 10.1. The van der Waals surface area contributed by atoms with Crippen molar-refractivity contribution in [2.75, 3.05) is 0 Å². The number of para-hydroxylation sites is 1. The van der Waals surface area contributed by atoms with Crippen molar-refractivity contribution >= 4 is 46.0 Å². The summed E-state index contributed by atoms with van der Waals surface area (Å²) in [7, 11) is 0. The van der Waals surface area contributed by atoms with E-state index in [1.54, 1.807) is 31.2 Å². The van der Waals surface area contributed by atoms with Crippen LogP contribution in [0.1, 0.15) is 35.9 Å². The standard InChI is InChI=1S/C20H18Cl2N2O3/c1-11(15-8-7-14(21)10-16(15)22)23-19(25)12(2)27-20(26)18-9-13-5-3-4-6-17(13)24-18/h3-12,24H,1-2H3,(H,23,25)/t11-,12-/m1/s1. The van der Waals surface area contributed by atoms with Crippen LogP contribution in [0.2, 0.25) is 10.0 Å². The Labute approximate surface area is 166 Å². The zero-order valence-corrected chi connectivity index (χ0v) is 16.3. The third kappa shape index (κ3) is 4.43. The normalized spacial score (nSPS) is 13.2. The van der Waals surface area contributed by atoms with Crippen LogP contribution in [0.15, 0.2) is 48.5 Å². The number of rotatable bonds is 5. The summed E-state index contributed by atoms with van der Waals surface area (Å²) in [4.78, 5) is 27.7. The van der Waals surface area contributed by atoms with E-state index in [1.165, 1.54) is 6.92 Å². The van der Waals surface area contributed by atoms with Crippen molar-refractivity contribution in [2.45, 2.75) is 26.0 Å². The monoisotopic (exact) mass is 404 g/mol. The van der Waals surface area contributed by atoms with Crippen LogP contribution < -0.4 is 5.32 Å². The van der Waals surface area contributed by atoms with E-state index in [1.807, 2.05) is 24.3 Å². The summed E-state index contributed by atoms with van der Waals surface area (Å²) < 4.78 is 5.28. The molecule has 1 aromatic heterocycles. The van der Waals surface area contributed by atoms with Gasteiger partial charge in [0.05, 0.1) is 6.04 Å². The van der Waals surface area contributed by atoms with Gasteiger partial charge in [-0.15, -0.1) is 0 Å². The molecule has 0 aliphatic carbocycles. The van der Waals surface area contributed by atoms with Gasteiger partial charge >= 0.3 is 5.97 Å². The molecule has 2 aromatic carbocycles. The fourth-order valence-corrected chi connectivity index (χ4v) is 3.29. The highest BCUT2D eigenvalue weighted by molar-refractivity contribution is 6.35. The maximum absolute atomic E-state index is 12.4. The number of hydrogen-bond acceptors (Lipinski definition) is 3. The summed E-state index contributed by atoms with van der Waals surface area (Å²) in [6.45, 7) is 3.31. The minimum absolute atomic E-state index is 0.296. The quantitative estimate of drug-likeness (QED) is 0.594. The molecule has 0 fully saturated rings. The van der Waals surface area contributed by atoms with Gasteiger partial charge in [-0.05, 0) is 43.7 Å². The lowest BCUT2D eigenvalue weighted by molar-refractivity contribution is -0.129. The van der Waals surface area contributed by atoms with Gasteiger partial charge in [0, 0.05) is 20.9 Å². The first-order chi connectivity index (χ1) is 12.8. The zero-order valence-electron chi connectivity index (χ0n) is 14.8. The molecule has 0 bridgehead atoms. The highest BCUT2D eigenvalue weighted by Gasteiger charge is 2.22. The molecule has 0 radical (unpaired) electrons. The molecule has 1 heterocycles. The summed E-state index contributed by atoms with van der Waals surface area (Å²) >= 11 is 12.1. The minimum Gasteiger partial charge on any atom is -0.448 e. The largest absolute Gasteiger partial charge is 0.448 e. The van der Waals surface area contributed by atoms with Crippen molar-refractivity contribution in [3.8, 4) is 0 Å². The number of carbonyl (C=O) groups excluding carboxylic acids is 2. The van der Waals surface area contributed by atoms with Crippen molar-refractivity contribution in [3.63, 3.8) is 0 Å². The molecule has 0 unspecified atom stereocenters. The van der Waals surface area contributed by atoms with Crippen LogP contribution in [-0.2, 0) is 9.53 Å². The van der Waals surface area contributed by atoms with E-state index >= 15 is 0 Å².